The van der Waals surface area contributed by atoms with E-state index in [0.717, 1.165) is 12.8 Å². The molecule has 0 radical (unpaired) electrons. The van der Waals surface area contributed by atoms with E-state index in [0.29, 0.717) is 19.1 Å². The summed E-state index contributed by atoms with van der Waals surface area (Å²) in [7, 11) is 2.00. The van der Waals surface area contributed by atoms with Crippen molar-refractivity contribution in [3.63, 3.8) is 0 Å². The van der Waals surface area contributed by atoms with Crippen molar-refractivity contribution in [3.05, 3.63) is 0 Å². The molecular formula is C11H17NO3. The molecule has 0 aromatic carbocycles. The Hall–Kier alpha value is -0.900. The molecule has 4 nitrogen and oxygen atoms in total. The lowest BCUT2D eigenvalue weighted by Crippen LogP contribution is -2.50. The normalized spacial score (nSPS) is 35.6. The van der Waals surface area contributed by atoms with Crippen LogP contribution < -0.4 is 0 Å². The van der Waals surface area contributed by atoms with E-state index in [1.54, 1.807) is 6.92 Å². The molecule has 0 aliphatic carbocycles. The Morgan fingerprint density at radius 1 is 1.53 bits per heavy atom. The van der Waals surface area contributed by atoms with E-state index in [1.807, 2.05) is 7.05 Å². The van der Waals surface area contributed by atoms with Crippen molar-refractivity contribution >= 4 is 11.8 Å². The molecule has 0 amide bonds. The Morgan fingerprint density at radius 3 is 2.93 bits per heavy atom. The van der Waals surface area contributed by atoms with Gasteiger partial charge in [-0.05, 0) is 26.8 Å². The van der Waals surface area contributed by atoms with Gasteiger partial charge in [0.25, 0.3) is 0 Å². The first-order chi connectivity index (χ1) is 7.15. The fraction of sp³-hybridized carbons (Fsp3) is 0.818. The molecule has 2 aliphatic rings. The smallest absolute Gasteiger partial charge is 0.318 e. The molecule has 0 N–H and O–H groups in total. The summed E-state index contributed by atoms with van der Waals surface area (Å²) in [5, 5.41) is 0. The van der Waals surface area contributed by atoms with Crippen LogP contribution >= 0.6 is 0 Å². The van der Waals surface area contributed by atoms with Crippen LogP contribution in [0.15, 0.2) is 0 Å². The van der Waals surface area contributed by atoms with Gasteiger partial charge in [0.05, 0.1) is 6.61 Å². The van der Waals surface area contributed by atoms with Crippen LogP contribution in [0.1, 0.15) is 26.2 Å². The number of carbonyl (C=O) groups is 2. The molecule has 2 aliphatic heterocycles. The third kappa shape index (κ3) is 1.67. The summed E-state index contributed by atoms with van der Waals surface area (Å²) in [5.74, 6) is -0.799. The average molecular weight is 211 g/mol. The number of hydrogen-bond acceptors (Lipinski definition) is 4. The number of ketones is 1. The van der Waals surface area contributed by atoms with Gasteiger partial charge in [-0.15, -0.1) is 0 Å². The fourth-order valence-electron chi connectivity index (χ4n) is 2.78. The minimum atomic E-state index is -0.534. The number of hydrogen-bond donors (Lipinski definition) is 0. The lowest BCUT2D eigenvalue weighted by atomic mass is 9.89. The first-order valence-electron chi connectivity index (χ1n) is 5.56. The predicted octanol–water partition coefficient (Wildman–Crippen LogP) is 0.601. The largest absolute Gasteiger partial charge is 0.465 e. The van der Waals surface area contributed by atoms with Crippen LogP contribution in [0.3, 0.4) is 0 Å². The van der Waals surface area contributed by atoms with Gasteiger partial charge in [0.2, 0.25) is 0 Å². The van der Waals surface area contributed by atoms with Gasteiger partial charge < -0.3 is 4.74 Å². The molecule has 0 spiro atoms. The summed E-state index contributed by atoms with van der Waals surface area (Å²) in [6.45, 7) is 2.12. The van der Waals surface area contributed by atoms with Crippen molar-refractivity contribution < 1.29 is 14.3 Å². The molecule has 15 heavy (non-hydrogen) atoms. The zero-order valence-electron chi connectivity index (χ0n) is 9.23. The maximum atomic E-state index is 11.8. The molecule has 3 unspecified atom stereocenters. The number of fused-ring (bicyclic) bond motifs is 2. The van der Waals surface area contributed by atoms with Gasteiger partial charge in [-0.25, -0.2) is 0 Å². The van der Waals surface area contributed by atoms with E-state index in [9.17, 15) is 9.59 Å². The lowest BCUT2D eigenvalue weighted by Gasteiger charge is -2.34. The van der Waals surface area contributed by atoms with E-state index >= 15 is 0 Å². The first-order valence-corrected chi connectivity index (χ1v) is 5.56. The summed E-state index contributed by atoms with van der Waals surface area (Å²) in [6, 6.07) is 0.434. The summed E-state index contributed by atoms with van der Waals surface area (Å²) >= 11 is 0. The van der Waals surface area contributed by atoms with E-state index < -0.39 is 5.92 Å². The van der Waals surface area contributed by atoms with Crippen molar-refractivity contribution in [2.45, 2.75) is 38.3 Å². The molecule has 0 aromatic rings. The van der Waals surface area contributed by atoms with Crippen molar-refractivity contribution in [2.24, 2.45) is 5.92 Å². The molecule has 3 atom stereocenters. The van der Waals surface area contributed by atoms with E-state index in [4.69, 9.17) is 4.74 Å². The number of Topliss-reactive ketones (excluding diaryl/α,β-unsaturated/α-hetero) is 1. The molecule has 84 valence electrons. The van der Waals surface area contributed by atoms with Crippen LogP contribution in [0.4, 0.5) is 0 Å². The maximum absolute atomic E-state index is 11.8. The molecule has 0 saturated carbocycles. The van der Waals surface area contributed by atoms with Crippen molar-refractivity contribution in [1.82, 2.24) is 4.90 Å². The minimum absolute atomic E-state index is 0.0686. The Labute approximate surface area is 89.6 Å². The second kappa shape index (κ2) is 3.93. The molecule has 2 saturated heterocycles. The average Bonchev–Trinajstić information content (AvgIpc) is 2.46. The summed E-state index contributed by atoms with van der Waals surface area (Å²) < 4.78 is 4.96. The molecule has 2 fully saturated rings. The fourth-order valence-corrected chi connectivity index (χ4v) is 2.78. The van der Waals surface area contributed by atoms with Gasteiger partial charge in [0.1, 0.15) is 11.7 Å². The maximum Gasteiger partial charge on any atom is 0.318 e. The topological polar surface area (TPSA) is 46.6 Å². The Balaban J connectivity index is 2.15. The van der Waals surface area contributed by atoms with Crippen LogP contribution in [-0.2, 0) is 14.3 Å². The zero-order valence-corrected chi connectivity index (χ0v) is 9.23. The standard InChI is InChI=1S/C11H17NO3/c1-3-15-11(14)10-8-5-4-7(12(8)2)6-9(10)13/h7-8,10H,3-6H2,1-2H3. The highest BCUT2D eigenvalue weighted by molar-refractivity contribution is 6.01. The second-order valence-electron chi connectivity index (χ2n) is 4.36. The van der Waals surface area contributed by atoms with Crippen molar-refractivity contribution in [1.29, 1.82) is 0 Å². The highest BCUT2D eigenvalue weighted by Gasteiger charge is 2.48. The van der Waals surface area contributed by atoms with Gasteiger partial charge in [0.15, 0.2) is 0 Å². The molecule has 2 heterocycles. The number of esters is 1. The van der Waals surface area contributed by atoms with Crippen LogP contribution in [0.2, 0.25) is 0 Å². The van der Waals surface area contributed by atoms with E-state index in [2.05, 4.69) is 4.90 Å². The molecule has 2 rings (SSSR count). The number of piperidine rings is 1. The Kier molecular flexibility index (Phi) is 2.78. The number of carbonyl (C=O) groups excluding carboxylic acids is 2. The molecule has 0 aromatic heterocycles. The first kappa shape index (κ1) is 10.6. The van der Waals surface area contributed by atoms with Gasteiger partial charge in [-0.2, -0.15) is 0 Å². The minimum Gasteiger partial charge on any atom is -0.465 e. The van der Waals surface area contributed by atoms with Gasteiger partial charge in [0, 0.05) is 18.5 Å². The third-order valence-electron chi connectivity index (χ3n) is 3.60. The van der Waals surface area contributed by atoms with E-state index in [1.165, 1.54) is 0 Å². The second-order valence-corrected chi connectivity index (χ2v) is 4.36. The van der Waals surface area contributed by atoms with Crippen LogP contribution in [0, 0.1) is 5.92 Å². The molecule has 2 bridgehead atoms. The summed E-state index contributed by atoms with van der Waals surface area (Å²) in [6.07, 6.45) is 2.48. The third-order valence-corrected chi connectivity index (χ3v) is 3.60. The van der Waals surface area contributed by atoms with Crippen molar-refractivity contribution in [3.8, 4) is 0 Å². The number of rotatable bonds is 2. The monoisotopic (exact) mass is 211 g/mol. The van der Waals surface area contributed by atoms with Crippen LogP contribution in [-0.4, -0.2) is 42.4 Å². The summed E-state index contributed by atoms with van der Waals surface area (Å²) in [5.41, 5.74) is 0. The SMILES string of the molecule is CCOC(=O)C1C(=O)CC2CCC1N2C. The Bertz CT molecular complexity index is 290. The zero-order chi connectivity index (χ0) is 11.0. The summed E-state index contributed by atoms with van der Waals surface area (Å²) in [4.78, 5) is 25.6. The van der Waals surface area contributed by atoms with Crippen LogP contribution in [0.5, 0.6) is 0 Å². The van der Waals surface area contributed by atoms with Gasteiger partial charge in [-0.1, -0.05) is 0 Å². The number of nitrogens with zero attached hydrogens (tertiary/aromatic N) is 1. The Morgan fingerprint density at radius 2 is 2.27 bits per heavy atom. The highest BCUT2D eigenvalue weighted by atomic mass is 16.5. The molecule has 4 heteroatoms. The lowest BCUT2D eigenvalue weighted by molar-refractivity contribution is -0.156. The van der Waals surface area contributed by atoms with Crippen molar-refractivity contribution in [2.75, 3.05) is 13.7 Å². The van der Waals surface area contributed by atoms with Gasteiger partial charge in [-0.3, -0.25) is 14.5 Å². The quantitative estimate of drug-likeness (QED) is 0.495. The molecular weight excluding hydrogens is 194 g/mol. The van der Waals surface area contributed by atoms with Crippen LogP contribution in [0.25, 0.3) is 0 Å². The van der Waals surface area contributed by atoms with Gasteiger partial charge >= 0.3 is 5.97 Å². The number of ether oxygens (including phenoxy) is 1. The van der Waals surface area contributed by atoms with E-state index in [-0.39, 0.29) is 17.8 Å². The highest BCUT2D eigenvalue weighted by Crippen LogP contribution is 2.36. The predicted molar refractivity (Wildman–Crippen MR) is 54.3 cm³/mol.